The van der Waals surface area contributed by atoms with Gasteiger partial charge in [0.1, 0.15) is 8.64 Å². The molecule has 2 amide bonds. The number of thiocarbonyl (C=S) groups is 2. The predicted octanol–water partition coefficient (Wildman–Crippen LogP) is 2.22. The highest BCUT2D eigenvalue weighted by Crippen LogP contribution is 2.38. The maximum absolute atomic E-state index is 12.0. The molecule has 0 radical (unpaired) electrons. The maximum atomic E-state index is 12.0. The maximum Gasteiger partial charge on any atom is 0.239 e. The van der Waals surface area contributed by atoms with Crippen LogP contribution < -0.4 is 10.6 Å². The zero-order chi connectivity index (χ0) is 14.7. The number of hydrogen-bond donors (Lipinski definition) is 2. The van der Waals surface area contributed by atoms with E-state index in [1.807, 2.05) is 0 Å². The summed E-state index contributed by atoms with van der Waals surface area (Å²) in [7, 11) is 0. The van der Waals surface area contributed by atoms with E-state index in [1.165, 1.54) is 23.5 Å². The number of carbonyl (C=O) groups excluding carboxylic acids is 2. The first-order chi connectivity index (χ1) is 9.52. The fourth-order valence-corrected chi connectivity index (χ4v) is 5.37. The van der Waals surface area contributed by atoms with Gasteiger partial charge in [-0.05, 0) is 6.42 Å². The quantitative estimate of drug-likeness (QED) is 0.567. The summed E-state index contributed by atoms with van der Waals surface area (Å²) in [6.45, 7) is 2.13. The van der Waals surface area contributed by atoms with E-state index < -0.39 is 0 Å². The third-order valence-electron chi connectivity index (χ3n) is 3.35. The number of amides is 2. The second-order valence-electron chi connectivity index (χ2n) is 4.79. The molecule has 2 heterocycles. The molecule has 2 atom stereocenters. The van der Waals surface area contributed by atoms with Crippen LogP contribution in [-0.2, 0) is 9.59 Å². The molecule has 2 fully saturated rings. The Bertz CT molecular complexity index is 419. The van der Waals surface area contributed by atoms with Crippen LogP contribution in [0.1, 0.15) is 32.6 Å². The zero-order valence-electron chi connectivity index (χ0n) is 11.0. The van der Waals surface area contributed by atoms with Gasteiger partial charge in [0.25, 0.3) is 0 Å². The van der Waals surface area contributed by atoms with Crippen molar-refractivity contribution < 1.29 is 9.59 Å². The van der Waals surface area contributed by atoms with E-state index in [4.69, 9.17) is 24.4 Å². The average Bonchev–Trinajstić information content (AvgIpc) is 2.87. The molecule has 0 bridgehead atoms. The Morgan fingerprint density at radius 2 is 1.55 bits per heavy atom. The van der Waals surface area contributed by atoms with E-state index in [-0.39, 0.29) is 28.2 Å². The van der Waals surface area contributed by atoms with Crippen LogP contribution in [0.2, 0.25) is 0 Å². The van der Waals surface area contributed by atoms with Crippen LogP contribution in [0, 0.1) is 5.92 Å². The fourth-order valence-electron chi connectivity index (χ4n) is 2.40. The van der Waals surface area contributed by atoms with Gasteiger partial charge in [-0.2, -0.15) is 0 Å². The molecule has 2 rings (SSSR count). The van der Waals surface area contributed by atoms with E-state index in [1.54, 1.807) is 0 Å². The van der Waals surface area contributed by atoms with E-state index >= 15 is 0 Å². The summed E-state index contributed by atoms with van der Waals surface area (Å²) < 4.78 is 1.01. The lowest BCUT2D eigenvalue weighted by atomic mass is 9.92. The average molecular weight is 349 g/mol. The van der Waals surface area contributed by atoms with Crippen LogP contribution in [0.4, 0.5) is 0 Å². The van der Waals surface area contributed by atoms with Crippen molar-refractivity contribution in [3.8, 4) is 0 Å². The Labute approximate surface area is 137 Å². The first kappa shape index (κ1) is 16.2. The summed E-state index contributed by atoms with van der Waals surface area (Å²) in [6, 6.07) is 0. The predicted molar refractivity (Wildman–Crippen MR) is 91.9 cm³/mol. The summed E-state index contributed by atoms with van der Waals surface area (Å²) in [6.07, 6.45) is 4.06. The Hall–Kier alpha value is -0.180. The topological polar surface area (TPSA) is 58.2 Å². The van der Waals surface area contributed by atoms with Crippen molar-refractivity contribution >= 4 is 68.4 Å². The van der Waals surface area contributed by atoms with E-state index in [0.717, 1.165) is 25.7 Å². The third-order valence-corrected chi connectivity index (χ3v) is 6.40. The molecule has 0 aliphatic carbocycles. The van der Waals surface area contributed by atoms with Crippen LogP contribution in [-0.4, -0.2) is 31.0 Å². The highest BCUT2D eigenvalue weighted by Gasteiger charge is 2.45. The van der Waals surface area contributed by atoms with Crippen molar-refractivity contribution in [1.82, 2.24) is 10.6 Å². The molecule has 2 N–H and O–H groups in total. The summed E-state index contributed by atoms with van der Waals surface area (Å²) in [5.74, 6) is -0.183. The van der Waals surface area contributed by atoms with E-state index in [2.05, 4.69) is 17.6 Å². The molecule has 110 valence electrons. The van der Waals surface area contributed by atoms with Crippen LogP contribution in [0.25, 0.3) is 0 Å². The molecule has 4 nitrogen and oxygen atoms in total. The van der Waals surface area contributed by atoms with Gasteiger partial charge in [0.05, 0.1) is 10.5 Å². The molecule has 20 heavy (non-hydrogen) atoms. The second-order valence-corrected chi connectivity index (χ2v) is 8.43. The van der Waals surface area contributed by atoms with Gasteiger partial charge >= 0.3 is 0 Å². The lowest BCUT2D eigenvalue weighted by Gasteiger charge is -2.24. The number of thioether (sulfide) groups is 2. The Kier molecular flexibility index (Phi) is 5.83. The van der Waals surface area contributed by atoms with Crippen LogP contribution in [0.5, 0.6) is 0 Å². The van der Waals surface area contributed by atoms with Crippen LogP contribution >= 0.6 is 48.0 Å². The highest BCUT2D eigenvalue weighted by atomic mass is 32.2. The van der Waals surface area contributed by atoms with Crippen molar-refractivity contribution in [2.24, 2.45) is 5.92 Å². The minimum atomic E-state index is -0.275. The van der Waals surface area contributed by atoms with Gasteiger partial charge in [-0.1, -0.05) is 74.1 Å². The van der Waals surface area contributed by atoms with Gasteiger partial charge in [0.15, 0.2) is 0 Å². The van der Waals surface area contributed by atoms with E-state index in [0.29, 0.717) is 8.64 Å². The van der Waals surface area contributed by atoms with Crippen molar-refractivity contribution in [3.63, 3.8) is 0 Å². The molecular weight excluding hydrogens is 332 g/mol. The third kappa shape index (κ3) is 3.72. The Morgan fingerprint density at radius 3 is 1.90 bits per heavy atom. The number of carbonyl (C=O) groups is 2. The molecule has 2 aliphatic rings. The normalized spacial score (nSPS) is 26.3. The minimum Gasteiger partial charge on any atom is -0.311 e. The number of unbranched alkanes of at least 4 members (excludes halogenated alkanes) is 2. The summed E-state index contributed by atoms with van der Waals surface area (Å²) in [4.78, 5) is 24.0. The molecule has 0 spiro atoms. The lowest BCUT2D eigenvalue weighted by Crippen LogP contribution is -2.39. The Balaban J connectivity index is 2.12. The smallest absolute Gasteiger partial charge is 0.239 e. The molecule has 2 aliphatic heterocycles. The number of rotatable bonds is 6. The molecule has 0 aromatic carbocycles. The van der Waals surface area contributed by atoms with Crippen molar-refractivity contribution in [1.29, 1.82) is 0 Å². The largest absolute Gasteiger partial charge is 0.311 e. The summed E-state index contributed by atoms with van der Waals surface area (Å²) >= 11 is 12.8. The van der Waals surface area contributed by atoms with Crippen molar-refractivity contribution in [2.75, 3.05) is 0 Å². The van der Waals surface area contributed by atoms with E-state index in [9.17, 15) is 9.59 Å². The first-order valence-electron chi connectivity index (χ1n) is 6.56. The minimum absolute atomic E-state index is 0.0301. The monoisotopic (exact) mass is 348 g/mol. The molecule has 0 unspecified atom stereocenters. The number of hydrogen-bond acceptors (Lipinski definition) is 6. The van der Waals surface area contributed by atoms with Gasteiger partial charge in [0.2, 0.25) is 11.8 Å². The number of nitrogens with one attached hydrogen (secondary N) is 2. The van der Waals surface area contributed by atoms with Crippen molar-refractivity contribution in [2.45, 2.75) is 43.1 Å². The zero-order valence-corrected chi connectivity index (χ0v) is 14.3. The fraction of sp³-hybridized carbons (Fsp3) is 0.667. The van der Waals surface area contributed by atoms with Gasteiger partial charge < -0.3 is 10.6 Å². The molecule has 0 aromatic rings. The summed E-state index contributed by atoms with van der Waals surface area (Å²) in [5.41, 5.74) is 0. The molecule has 0 saturated carbocycles. The van der Waals surface area contributed by atoms with Gasteiger partial charge in [-0.3, -0.25) is 9.59 Å². The molecule has 0 aromatic heterocycles. The standard InChI is InChI=1S/C12H16N2O2S4/c1-2-3-4-5-6(7-9(15)13-11(17)19-7)8-10(16)14-12(18)20-8/h6-8H,2-5H2,1H3,(H,13,15,17)(H,14,16,18)/t7-,8-/m1/s1. The molecule has 2 saturated heterocycles. The van der Waals surface area contributed by atoms with Gasteiger partial charge in [0, 0.05) is 5.92 Å². The van der Waals surface area contributed by atoms with Crippen LogP contribution in [0.3, 0.4) is 0 Å². The molecular formula is C12H16N2O2S4. The first-order valence-corrected chi connectivity index (χ1v) is 9.13. The van der Waals surface area contributed by atoms with Crippen LogP contribution in [0.15, 0.2) is 0 Å². The second kappa shape index (κ2) is 7.20. The van der Waals surface area contributed by atoms with Gasteiger partial charge in [-0.25, -0.2) is 0 Å². The summed E-state index contributed by atoms with van der Waals surface area (Å²) in [5, 5.41) is 4.79. The molecule has 8 heteroatoms. The van der Waals surface area contributed by atoms with Crippen molar-refractivity contribution in [3.05, 3.63) is 0 Å². The SMILES string of the molecule is CCCCCC([C@H]1SC(=S)NC1=O)[C@H]1SC(=S)NC1=O. The lowest BCUT2D eigenvalue weighted by molar-refractivity contribution is -0.121. The Morgan fingerprint density at radius 1 is 1.05 bits per heavy atom. The highest BCUT2D eigenvalue weighted by molar-refractivity contribution is 8.25. The van der Waals surface area contributed by atoms with Gasteiger partial charge in [-0.15, -0.1) is 0 Å².